The van der Waals surface area contributed by atoms with Gasteiger partial charge in [-0.25, -0.2) is 0 Å². The highest BCUT2D eigenvalue weighted by Crippen LogP contribution is 2.28. The Balaban J connectivity index is 1.77. The first kappa shape index (κ1) is 12.6. The van der Waals surface area contributed by atoms with Crippen molar-refractivity contribution >= 4 is 5.91 Å². The highest BCUT2D eigenvalue weighted by atomic mass is 16.1. The molecule has 0 saturated heterocycles. The van der Waals surface area contributed by atoms with Crippen molar-refractivity contribution in [2.24, 2.45) is 5.73 Å². The first-order chi connectivity index (χ1) is 8.18. The van der Waals surface area contributed by atoms with Crippen molar-refractivity contribution in [3.8, 4) is 0 Å². The first-order valence-electron chi connectivity index (χ1n) is 6.91. The predicted molar refractivity (Wildman–Crippen MR) is 69.5 cm³/mol. The number of carbonyl (C=O) groups excluding carboxylic acids is 1. The Morgan fingerprint density at radius 1 is 1.29 bits per heavy atom. The van der Waals surface area contributed by atoms with E-state index in [0.29, 0.717) is 12.5 Å². The van der Waals surface area contributed by atoms with E-state index in [4.69, 9.17) is 5.73 Å². The van der Waals surface area contributed by atoms with Gasteiger partial charge in [0.15, 0.2) is 0 Å². The Morgan fingerprint density at radius 2 is 2.06 bits per heavy atom. The van der Waals surface area contributed by atoms with Gasteiger partial charge in [-0.3, -0.25) is 4.79 Å². The fourth-order valence-electron chi connectivity index (χ4n) is 2.96. The molecular formula is C14H24N2O. The van der Waals surface area contributed by atoms with Gasteiger partial charge in [-0.05, 0) is 32.1 Å². The number of nitrogens with one attached hydrogen (secondary N) is 1. The number of amides is 1. The van der Waals surface area contributed by atoms with E-state index >= 15 is 0 Å². The summed E-state index contributed by atoms with van der Waals surface area (Å²) >= 11 is 0. The molecule has 1 saturated carbocycles. The second-order valence-corrected chi connectivity index (χ2v) is 5.65. The number of hydrogen-bond acceptors (Lipinski definition) is 2. The van der Waals surface area contributed by atoms with Crippen molar-refractivity contribution in [1.29, 1.82) is 0 Å². The minimum Gasteiger partial charge on any atom is -0.353 e. The molecular weight excluding hydrogens is 212 g/mol. The normalized spacial score (nSPS) is 27.7. The number of allylic oxidation sites excluding steroid dienone is 1. The van der Waals surface area contributed by atoms with Crippen LogP contribution >= 0.6 is 0 Å². The van der Waals surface area contributed by atoms with E-state index in [2.05, 4.69) is 17.5 Å². The highest BCUT2D eigenvalue weighted by molar-refractivity contribution is 5.77. The number of hydrogen-bond donors (Lipinski definition) is 2. The summed E-state index contributed by atoms with van der Waals surface area (Å²) in [5.74, 6) is 0.148. The maximum absolute atomic E-state index is 12.0. The molecule has 2 rings (SSSR count). The lowest BCUT2D eigenvalue weighted by Gasteiger charge is -2.33. The van der Waals surface area contributed by atoms with Crippen LogP contribution in [0.5, 0.6) is 0 Å². The second kappa shape index (κ2) is 5.67. The van der Waals surface area contributed by atoms with E-state index in [-0.39, 0.29) is 11.4 Å². The van der Waals surface area contributed by atoms with Crippen LogP contribution in [0.15, 0.2) is 12.2 Å². The molecule has 1 atom stereocenters. The smallest absolute Gasteiger partial charge is 0.222 e. The van der Waals surface area contributed by atoms with Gasteiger partial charge in [0.2, 0.25) is 5.91 Å². The fraction of sp³-hybridized carbons (Fsp3) is 0.786. The molecule has 1 unspecified atom stereocenters. The second-order valence-electron chi connectivity index (χ2n) is 5.65. The number of carbonyl (C=O) groups is 1. The molecule has 17 heavy (non-hydrogen) atoms. The molecule has 0 aliphatic heterocycles. The molecule has 0 heterocycles. The zero-order valence-corrected chi connectivity index (χ0v) is 10.6. The van der Waals surface area contributed by atoms with Gasteiger partial charge in [0.05, 0.1) is 0 Å². The Hall–Kier alpha value is -0.830. The van der Waals surface area contributed by atoms with E-state index in [1.165, 1.54) is 19.3 Å². The van der Waals surface area contributed by atoms with Gasteiger partial charge in [0.25, 0.3) is 0 Å². The van der Waals surface area contributed by atoms with Crippen LogP contribution in [0.2, 0.25) is 0 Å². The van der Waals surface area contributed by atoms with Crippen LogP contribution in [0, 0.1) is 0 Å². The molecule has 0 aromatic carbocycles. The van der Waals surface area contributed by atoms with Crippen molar-refractivity contribution in [1.82, 2.24) is 5.32 Å². The maximum Gasteiger partial charge on any atom is 0.222 e. The summed E-state index contributed by atoms with van der Waals surface area (Å²) in [4.78, 5) is 12.0. The van der Waals surface area contributed by atoms with Crippen LogP contribution in [-0.4, -0.2) is 17.5 Å². The van der Waals surface area contributed by atoms with Crippen molar-refractivity contribution in [2.45, 2.75) is 69.4 Å². The SMILES string of the molecule is NC1(CC(=O)NC2CC=CCC2)CCCCC1. The van der Waals surface area contributed by atoms with E-state index in [9.17, 15) is 4.79 Å². The fourth-order valence-corrected chi connectivity index (χ4v) is 2.96. The van der Waals surface area contributed by atoms with Crippen LogP contribution < -0.4 is 11.1 Å². The van der Waals surface area contributed by atoms with Crippen LogP contribution in [0.3, 0.4) is 0 Å². The molecule has 0 spiro atoms. The van der Waals surface area contributed by atoms with Crippen LogP contribution in [0.1, 0.15) is 57.8 Å². The molecule has 3 N–H and O–H groups in total. The zero-order chi connectivity index (χ0) is 12.1. The lowest BCUT2D eigenvalue weighted by Crippen LogP contribution is -2.47. The third-order valence-electron chi connectivity index (χ3n) is 4.00. The molecule has 3 heteroatoms. The van der Waals surface area contributed by atoms with E-state index in [0.717, 1.165) is 32.1 Å². The van der Waals surface area contributed by atoms with Crippen LogP contribution in [-0.2, 0) is 4.79 Å². The largest absolute Gasteiger partial charge is 0.353 e. The van der Waals surface area contributed by atoms with Crippen molar-refractivity contribution in [2.75, 3.05) is 0 Å². The standard InChI is InChI=1S/C14H24N2O/c15-14(9-5-2-6-10-14)11-13(17)16-12-7-3-1-4-8-12/h1,3,12H,2,4-11,15H2,(H,16,17). The lowest BCUT2D eigenvalue weighted by atomic mass is 9.80. The third kappa shape index (κ3) is 3.84. The molecule has 1 fully saturated rings. The minimum atomic E-state index is -0.229. The molecule has 3 nitrogen and oxygen atoms in total. The van der Waals surface area contributed by atoms with Gasteiger partial charge in [-0.1, -0.05) is 31.4 Å². The third-order valence-corrected chi connectivity index (χ3v) is 4.00. The van der Waals surface area contributed by atoms with Crippen molar-refractivity contribution < 1.29 is 4.79 Å². The summed E-state index contributed by atoms with van der Waals surface area (Å²) in [7, 11) is 0. The summed E-state index contributed by atoms with van der Waals surface area (Å²) in [6, 6.07) is 0.333. The van der Waals surface area contributed by atoms with Crippen molar-refractivity contribution in [3.63, 3.8) is 0 Å². The summed E-state index contributed by atoms with van der Waals surface area (Å²) < 4.78 is 0. The Labute approximate surface area is 104 Å². The molecule has 2 aliphatic carbocycles. The van der Waals surface area contributed by atoms with E-state index in [1.807, 2.05) is 0 Å². The van der Waals surface area contributed by atoms with Gasteiger partial charge in [0, 0.05) is 18.0 Å². The van der Waals surface area contributed by atoms with Crippen LogP contribution in [0.4, 0.5) is 0 Å². The molecule has 1 amide bonds. The molecule has 0 radical (unpaired) electrons. The predicted octanol–water partition coefficient (Wildman–Crippen LogP) is 2.26. The summed E-state index contributed by atoms with van der Waals surface area (Å²) in [5.41, 5.74) is 6.06. The van der Waals surface area contributed by atoms with Gasteiger partial charge in [0.1, 0.15) is 0 Å². The molecule has 0 aromatic rings. The van der Waals surface area contributed by atoms with Gasteiger partial charge < -0.3 is 11.1 Å². The quantitative estimate of drug-likeness (QED) is 0.738. The lowest BCUT2D eigenvalue weighted by molar-refractivity contribution is -0.123. The molecule has 0 bridgehead atoms. The van der Waals surface area contributed by atoms with E-state index < -0.39 is 0 Å². The molecule has 2 aliphatic rings. The Bertz CT molecular complexity index is 293. The molecule has 0 aromatic heterocycles. The molecule has 96 valence electrons. The highest BCUT2D eigenvalue weighted by Gasteiger charge is 2.30. The monoisotopic (exact) mass is 236 g/mol. The van der Waals surface area contributed by atoms with Gasteiger partial charge in [-0.2, -0.15) is 0 Å². The van der Waals surface area contributed by atoms with Gasteiger partial charge in [-0.15, -0.1) is 0 Å². The van der Waals surface area contributed by atoms with Gasteiger partial charge >= 0.3 is 0 Å². The number of rotatable bonds is 3. The summed E-state index contributed by atoms with van der Waals surface area (Å²) in [6.45, 7) is 0. The number of nitrogens with two attached hydrogens (primary N) is 1. The van der Waals surface area contributed by atoms with Crippen LogP contribution in [0.25, 0.3) is 0 Å². The van der Waals surface area contributed by atoms with E-state index in [1.54, 1.807) is 0 Å². The zero-order valence-electron chi connectivity index (χ0n) is 10.6. The Morgan fingerprint density at radius 3 is 2.71 bits per heavy atom. The maximum atomic E-state index is 12.0. The Kier molecular flexibility index (Phi) is 4.21. The average molecular weight is 236 g/mol. The summed E-state index contributed by atoms with van der Waals surface area (Å²) in [5, 5.41) is 3.12. The van der Waals surface area contributed by atoms with Crippen molar-refractivity contribution in [3.05, 3.63) is 12.2 Å². The topological polar surface area (TPSA) is 55.1 Å². The minimum absolute atomic E-state index is 0.148. The first-order valence-corrected chi connectivity index (χ1v) is 6.91. The summed E-state index contributed by atoms with van der Waals surface area (Å²) in [6.07, 6.45) is 13.6. The average Bonchev–Trinajstić information content (AvgIpc) is 2.30.